The molecule has 11 nitrogen and oxygen atoms in total. The van der Waals surface area contributed by atoms with Gasteiger partial charge in [-0.3, -0.25) is 23.4 Å². The zero-order chi connectivity index (χ0) is 27.5. The molecule has 3 aliphatic rings. The van der Waals surface area contributed by atoms with Gasteiger partial charge in [0.25, 0.3) is 11.6 Å². The van der Waals surface area contributed by atoms with E-state index in [2.05, 4.69) is 10.2 Å². The number of nitrogens with one attached hydrogen (secondary N) is 1. The summed E-state index contributed by atoms with van der Waals surface area (Å²) in [5, 5.41) is 3.36. The summed E-state index contributed by atoms with van der Waals surface area (Å²) < 4.78 is 22.3. The number of methoxy groups -OCH3 is 1. The number of fused-ring (bicyclic) bond motifs is 1. The molecule has 216 valence electrons. The molecule has 0 amide bonds. The van der Waals surface area contributed by atoms with Gasteiger partial charge in [0, 0.05) is 45.8 Å². The fourth-order valence-corrected chi connectivity index (χ4v) is 5.31. The van der Waals surface area contributed by atoms with Crippen molar-refractivity contribution in [2.24, 2.45) is 11.8 Å². The zero-order valence-corrected chi connectivity index (χ0v) is 23.3. The Morgan fingerprint density at radius 3 is 2.27 bits per heavy atom. The lowest BCUT2D eigenvalue weighted by molar-refractivity contribution is 0.0737. The van der Waals surface area contributed by atoms with E-state index in [0.717, 1.165) is 69.7 Å². The van der Waals surface area contributed by atoms with Crippen LogP contribution >= 0.6 is 0 Å². The van der Waals surface area contributed by atoms with Gasteiger partial charge in [-0.15, -0.1) is 0 Å². The molecule has 0 radical (unpaired) electrons. The van der Waals surface area contributed by atoms with Crippen LogP contribution in [-0.2, 0) is 24.4 Å². The highest BCUT2D eigenvalue weighted by atomic mass is 16.5. The van der Waals surface area contributed by atoms with Gasteiger partial charge >= 0.3 is 5.69 Å². The Balaban J connectivity index is 1.27. The van der Waals surface area contributed by atoms with Gasteiger partial charge in [0.05, 0.1) is 26.9 Å². The summed E-state index contributed by atoms with van der Waals surface area (Å²) in [6, 6.07) is 8.07. The average molecular weight is 553 g/mol. The molecule has 3 aromatic rings. The van der Waals surface area contributed by atoms with Crippen LogP contribution in [0, 0.1) is 11.8 Å². The number of rotatable bonds is 14. The molecule has 0 atom stereocenters. The molecule has 1 N–H and O–H groups in total. The molecule has 0 spiro atoms. The van der Waals surface area contributed by atoms with Crippen molar-refractivity contribution in [1.82, 2.24) is 28.9 Å². The van der Waals surface area contributed by atoms with Crippen molar-refractivity contribution >= 4 is 11.2 Å². The molecular weight excluding hydrogens is 512 g/mol. The number of hydrogen-bond donors (Lipinski definition) is 1. The molecular formula is C29H40N6O5. The Morgan fingerprint density at radius 2 is 1.60 bits per heavy atom. The van der Waals surface area contributed by atoms with Crippen LogP contribution < -0.4 is 26.0 Å². The van der Waals surface area contributed by atoms with E-state index >= 15 is 0 Å². The minimum atomic E-state index is -0.290. The van der Waals surface area contributed by atoms with Gasteiger partial charge in [0.1, 0.15) is 12.4 Å². The van der Waals surface area contributed by atoms with Gasteiger partial charge in [-0.05, 0) is 55.2 Å². The highest BCUT2D eigenvalue weighted by molar-refractivity contribution is 5.72. The van der Waals surface area contributed by atoms with Gasteiger partial charge in [0.2, 0.25) is 0 Å². The summed E-state index contributed by atoms with van der Waals surface area (Å²) in [4.78, 5) is 34.5. The van der Waals surface area contributed by atoms with Crippen LogP contribution in [0.1, 0.15) is 31.2 Å². The van der Waals surface area contributed by atoms with Gasteiger partial charge in [-0.1, -0.05) is 12.1 Å². The zero-order valence-electron chi connectivity index (χ0n) is 23.3. The monoisotopic (exact) mass is 552 g/mol. The number of benzene rings is 1. The third kappa shape index (κ3) is 6.26. The van der Waals surface area contributed by atoms with E-state index in [0.29, 0.717) is 68.5 Å². The van der Waals surface area contributed by atoms with Crippen LogP contribution in [0.5, 0.6) is 11.8 Å². The number of ether oxygens (including phenoxy) is 3. The largest absolute Gasteiger partial charge is 0.497 e. The molecule has 0 unspecified atom stereocenters. The Labute approximate surface area is 233 Å². The van der Waals surface area contributed by atoms with Crippen LogP contribution in [0.4, 0.5) is 0 Å². The summed E-state index contributed by atoms with van der Waals surface area (Å²) in [5.74, 6) is 1.61. The molecule has 6 rings (SSSR count). The summed E-state index contributed by atoms with van der Waals surface area (Å²) in [5.41, 5.74) is 1.27. The molecule has 40 heavy (non-hydrogen) atoms. The minimum absolute atomic E-state index is 0.256. The van der Waals surface area contributed by atoms with Crippen molar-refractivity contribution in [1.29, 1.82) is 0 Å². The van der Waals surface area contributed by atoms with E-state index in [1.54, 1.807) is 11.7 Å². The number of aromatic nitrogens is 4. The molecule has 2 aliphatic carbocycles. The van der Waals surface area contributed by atoms with Gasteiger partial charge in [-0.25, -0.2) is 4.79 Å². The predicted molar refractivity (Wildman–Crippen MR) is 151 cm³/mol. The summed E-state index contributed by atoms with van der Waals surface area (Å²) in [6.45, 7) is 7.78. The molecule has 0 bridgehead atoms. The topological polar surface area (TPSA) is 105 Å². The van der Waals surface area contributed by atoms with Crippen molar-refractivity contribution in [2.45, 2.75) is 45.3 Å². The average Bonchev–Trinajstić information content (AvgIpc) is 3.92. The predicted octanol–water partition coefficient (Wildman–Crippen LogP) is 1.54. The fraction of sp³-hybridized carbons (Fsp3) is 0.621. The molecule has 3 fully saturated rings. The van der Waals surface area contributed by atoms with Crippen LogP contribution in [0.15, 0.2) is 33.9 Å². The highest BCUT2D eigenvalue weighted by Gasteiger charge is 2.30. The maximum absolute atomic E-state index is 13.8. The SMILES string of the molecule is COc1ccc(Cn2c(OCCOCCN3CCNCC3)nc3c2c(=O)n(CC2CC2)c(=O)n3CC2CC2)cc1. The highest BCUT2D eigenvalue weighted by Crippen LogP contribution is 2.32. The summed E-state index contributed by atoms with van der Waals surface area (Å²) in [7, 11) is 1.64. The maximum atomic E-state index is 13.8. The van der Waals surface area contributed by atoms with E-state index in [1.165, 1.54) is 4.57 Å². The minimum Gasteiger partial charge on any atom is -0.497 e. The molecule has 1 saturated heterocycles. The van der Waals surface area contributed by atoms with Gasteiger partial charge < -0.3 is 19.5 Å². The van der Waals surface area contributed by atoms with Gasteiger partial charge in [0.15, 0.2) is 11.2 Å². The Hall–Kier alpha value is -3.15. The van der Waals surface area contributed by atoms with E-state index in [4.69, 9.17) is 19.2 Å². The van der Waals surface area contributed by atoms with Crippen molar-refractivity contribution < 1.29 is 14.2 Å². The first-order chi connectivity index (χ1) is 19.6. The standard InChI is InChI=1S/C29H40N6O5/c1-38-24-8-6-23(7-9-24)18-33-25-26(31-28(33)40-17-16-39-15-14-32-12-10-30-11-13-32)34(19-21-2-3-21)29(37)35(27(25)36)20-22-4-5-22/h6-9,21-22,30H,2-5,10-20H2,1H3. The lowest BCUT2D eigenvalue weighted by Gasteiger charge is -2.26. The summed E-state index contributed by atoms with van der Waals surface area (Å²) in [6.07, 6.45) is 4.30. The van der Waals surface area contributed by atoms with E-state index in [-0.39, 0.29) is 11.2 Å². The maximum Gasteiger partial charge on any atom is 0.332 e. The van der Waals surface area contributed by atoms with Gasteiger partial charge in [-0.2, -0.15) is 4.98 Å². The van der Waals surface area contributed by atoms with E-state index in [9.17, 15) is 9.59 Å². The Kier molecular flexibility index (Phi) is 8.22. The third-order valence-electron chi connectivity index (χ3n) is 8.07. The first kappa shape index (κ1) is 27.0. The fourth-order valence-electron chi connectivity index (χ4n) is 5.31. The van der Waals surface area contributed by atoms with Crippen LogP contribution in [0.2, 0.25) is 0 Å². The van der Waals surface area contributed by atoms with Crippen molar-refractivity contribution in [3.63, 3.8) is 0 Å². The third-order valence-corrected chi connectivity index (χ3v) is 8.07. The number of hydrogen-bond acceptors (Lipinski definition) is 8. The number of piperazine rings is 1. The number of imidazole rings is 1. The first-order valence-electron chi connectivity index (χ1n) is 14.6. The van der Waals surface area contributed by atoms with Crippen molar-refractivity contribution in [3.05, 3.63) is 50.7 Å². The van der Waals surface area contributed by atoms with E-state index < -0.39 is 0 Å². The Bertz CT molecular complexity index is 1410. The van der Waals surface area contributed by atoms with Crippen LogP contribution in [0.3, 0.4) is 0 Å². The molecule has 3 heterocycles. The molecule has 11 heteroatoms. The molecule has 1 aliphatic heterocycles. The summed E-state index contributed by atoms with van der Waals surface area (Å²) >= 11 is 0. The second-order valence-corrected chi connectivity index (χ2v) is 11.2. The first-order valence-corrected chi connectivity index (χ1v) is 14.6. The normalized spacial score (nSPS) is 17.9. The lowest BCUT2D eigenvalue weighted by atomic mass is 10.2. The van der Waals surface area contributed by atoms with Crippen LogP contribution in [-0.4, -0.2) is 83.2 Å². The second-order valence-electron chi connectivity index (χ2n) is 11.2. The molecule has 2 aromatic heterocycles. The lowest BCUT2D eigenvalue weighted by Crippen LogP contribution is -2.44. The number of nitrogens with zero attached hydrogens (tertiary/aromatic N) is 5. The quantitative estimate of drug-likeness (QED) is 0.301. The van der Waals surface area contributed by atoms with E-state index in [1.807, 2.05) is 28.8 Å². The molecule has 1 aromatic carbocycles. The smallest absolute Gasteiger partial charge is 0.332 e. The van der Waals surface area contributed by atoms with Crippen molar-refractivity contribution in [3.8, 4) is 11.8 Å². The van der Waals surface area contributed by atoms with Crippen LogP contribution in [0.25, 0.3) is 11.2 Å². The molecule has 2 saturated carbocycles. The second kappa shape index (κ2) is 12.2. The Morgan fingerprint density at radius 1 is 0.900 bits per heavy atom. The van der Waals surface area contributed by atoms with Crippen molar-refractivity contribution in [2.75, 3.05) is 59.7 Å².